The summed E-state index contributed by atoms with van der Waals surface area (Å²) in [5.74, 6) is -9.45. The summed E-state index contributed by atoms with van der Waals surface area (Å²) in [7, 11) is -4.80. The van der Waals surface area contributed by atoms with E-state index in [-0.39, 0.29) is 22.2 Å². The molecule has 0 spiro atoms. The second kappa shape index (κ2) is 12.1. The van der Waals surface area contributed by atoms with Gasteiger partial charge in [0.2, 0.25) is 0 Å². The lowest BCUT2D eigenvalue weighted by atomic mass is 9.95. The van der Waals surface area contributed by atoms with E-state index in [0.29, 0.717) is 12.1 Å². The molecule has 0 saturated carbocycles. The van der Waals surface area contributed by atoms with Crippen molar-refractivity contribution in [2.75, 3.05) is 11.5 Å². The van der Waals surface area contributed by atoms with Crippen molar-refractivity contribution < 1.29 is 57.1 Å². The van der Waals surface area contributed by atoms with Gasteiger partial charge in [-0.1, -0.05) is 35.3 Å². The first kappa shape index (κ1) is 33.7. The molecule has 0 aromatic heterocycles. The van der Waals surface area contributed by atoms with Crippen LogP contribution in [0, 0.1) is 0 Å². The number of nitrogens with one attached hydrogen (secondary N) is 1. The Morgan fingerprint density at radius 2 is 1.55 bits per heavy atom. The van der Waals surface area contributed by atoms with Gasteiger partial charge in [0.25, 0.3) is 5.91 Å². The molecule has 0 aliphatic rings. The van der Waals surface area contributed by atoms with Gasteiger partial charge in [-0.15, -0.1) is 0 Å². The highest BCUT2D eigenvalue weighted by molar-refractivity contribution is 7.91. The van der Waals surface area contributed by atoms with Crippen molar-refractivity contribution in [3.63, 3.8) is 0 Å². The first-order valence-electron chi connectivity index (χ1n) is 10.7. The van der Waals surface area contributed by atoms with Gasteiger partial charge in [-0.05, 0) is 42.8 Å². The monoisotopic (exact) mass is 647 g/mol. The Morgan fingerprint density at radius 3 is 2.05 bits per heavy atom. The van der Waals surface area contributed by atoms with Crippen molar-refractivity contribution in [1.29, 1.82) is 0 Å². The van der Waals surface area contributed by atoms with E-state index in [9.17, 15) is 57.1 Å². The molecule has 0 heterocycles. The molecule has 2 atom stereocenters. The lowest BCUT2D eigenvalue weighted by Crippen LogP contribution is -2.40. The molecule has 222 valence electrons. The molecule has 0 fully saturated rings. The molecule has 0 aliphatic carbocycles. The summed E-state index contributed by atoms with van der Waals surface area (Å²) in [6.45, 7) is 0.927. The molecule has 2 aromatic rings. The number of carbonyl (C=O) groups excluding carboxylic acids is 1. The third kappa shape index (κ3) is 9.54. The van der Waals surface area contributed by atoms with Crippen molar-refractivity contribution in [2.45, 2.75) is 37.4 Å². The van der Waals surface area contributed by atoms with Crippen LogP contribution in [0.2, 0.25) is 10.0 Å². The van der Waals surface area contributed by atoms with Crippen LogP contribution < -0.4 is 5.32 Å². The van der Waals surface area contributed by atoms with E-state index in [1.807, 2.05) is 5.32 Å². The van der Waals surface area contributed by atoms with Gasteiger partial charge in [0.15, 0.2) is 9.84 Å². The summed E-state index contributed by atoms with van der Waals surface area (Å²) in [4.78, 5) is 12.4. The second-order valence-corrected chi connectivity index (χ2v) is 11.4. The fourth-order valence-corrected chi connectivity index (χ4v) is 5.25. The lowest BCUT2D eigenvalue weighted by molar-refractivity contribution is -0.140. The zero-order chi connectivity index (χ0) is 30.8. The molecule has 0 bridgehead atoms. The maximum absolute atomic E-state index is 14.9. The van der Waals surface area contributed by atoms with E-state index in [2.05, 4.69) is 0 Å². The smallest absolute Gasteiger partial charge is 0.349 e. The minimum atomic E-state index is -5.35. The second-order valence-electron chi connectivity index (χ2n) is 8.51. The number of benzene rings is 2. The van der Waals surface area contributed by atoms with E-state index < -0.39 is 85.8 Å². The van der Waals surface area contributed by atoms with Crippen LogP contribution in [-0.4, -0.2) is 44.2 Å². The van der Waals surface area contributed by atoms with Crippen molar-refractivity contribution in [3.8, 4) is 0 Å². The number of sulfone groups is 1. The van der Waals surface area contributed by atoms with Crippen LogP contribution >= 0.6 is 23.2 Å². The van der Waals surface area contributed by atoms with Gasteiger partial charge < -0.3 is 5.32 Å². The number of carbonyl (C=O) groups is 1. The van der Waals surface area contributed by atoms with Gasteiger partial charge in [-0.3, -0.25) is 4.79 Å². The highest BCUT2D eigenvalue weighted by Gasteiger charge is 2.41. The summed E-state index contributed by atoms with van der Waals surface area (Å²) < 4.78 is 157. The quantitative estimate of drug-likeness (QED) is 0.298. The molecule has 17 heteroatoms. The molecule has 4 nitrogen and oxygen atoms in total. The first-order chi connectivity index (χ1) is 18.0. The Balaban J connectivity index is 2.43. The van der Waals surface area contributed by atoms with E-state index >= 15 is 0 Å². The van der Waals surface area contributed by atoms with Gasteiger partial charge in [0.05, 0.1) is 26.9 Å². The molecule has 0 radical (unpaired) electrons. The van der Waals surface area contributed by atoms with Gasteiger partial charge in [-0.2, -0.15) is 39.5 Å². The Kier molecular flexibility index (Phi) is 10.2. The van der Waals surface area contributed by atoms with Crippen LogP contribution in [0.25, 0.3) is 5.83 Å². The predicted molar refractivity (Wildman–Crippen MR) is 127 cm³/mol. The average Bonchev–Trinajstić information content (AvgIpc) is 2.75. The number of hydrogen-bond acceptors (Lipinski definition) is 3. The highest BCUT2D eigenvalue weighted by atomic mass is 35.5. The number of amides is 1. The summed E-state index contributed by atoms with van der Waals surface area (Å²) in [5.41, 5.74) is -4.53. The van der Waals surface area contributed by atoms with Crippen LogP contribution in [0.4, 0.5) is 43.9 Å². The fourth-order valence-electron chi connectivity index (χ4n) is 3.49. The van der Waals surface area contributed by atoms with Crippen molar-refractivity contribution in [2.24, 2.45) is 0 Å². The minimum absolute atomic E-state index is 0.00236. The van der Waals surface area contributed by atoms with Crippen LogP contribution in [0.5, 0.6) is 0 Å². The third-order valence-corrected chi connectivity index (χ3v) is 7.59. The maximum Gasteiger partial charge on any atom is 0.417 e. The summed E-state index contributed by atoms with van der Waals surface area (Å²) in [6.07, 6.45) is -15.5. The Bertz CT molecular complexity index is 1390. The molecule has 2 aromatic carbocycles. The van der Waals surface area contributed by atoms with Gasteiger partial charge >= 0.3 is 18.5 Å². The molecular formula is C23H17Cl2F10NO3S. The van der Waals surface area contributed by atoms with E-state index in [1.165, 1.54) is 0 Å². The topological polar surface area (TPSA) is 63.2 Å². The lowest BCUT2D eigenvalue weighted by Gasteiger charge is -2.19. The third-order valence-electron chi connectivity index (χ3n) is 5.08. The SMILES string of the molecule is CC(CS(=O)(=O)CC(F)(F)F)NC(=O)c1ccc(/C(F)=C/C(c2ccc(Cl)c(Cl)c2)C(F)(F)F)cc1C(F)(F)F. The Morgan fingerprint density at radius 1 is 0.950 bits per heavy atom. The normalized spacial score (nSPS) is 15.1. The van der Waals surface area contributed by atoms with Crippen LogP contribution in [0.1, 0.15) is 39.9 Å². The van der Waals surface area contributed by atoms with Crippen LogP contribution in [-0.2, 0) is 16.0 Å². The van der Waals surface area contributed by atoms with E-state index in [1.54, 1.807) is 0 Å². The molecule has 40 heavy (non-hydrogen) atoms. The standard InChI is InChI=1S/C23H17Cl2F10NO3S/c1-11(9-40(38,39)10-21(27,28)29)36-20(37)14-4-2-13(6-16(14)23(33,34)35)19(26)8-15(22(30,31)32)12-3-5-17(24)18(25)7-12/h2-8,11,15H,9-10H2,1H3,(H,36,37)/b19-8-. The average molecular weight is 648 g/mol. The van der Waals surface area contributed by atoms with Crippen LogP contribution in [0.15, 0.2) is 42.5 Å². The maximum atomic E-state index is 14.9. The van der Waals surface area contributed by atoms with Gasteiger partial charge in [-0.25, -0.2) is 12.8 Å². The van der Waals surface area contributed by atoms with Crippen molar-refractivity contribution >= 4 is 44.8 Å². The minimum Gasteiger partial charge on any atom is -0.349 e. The Hall–Kier alpha value is -2.52. The molecule has 2 unspecified atom stereocenters. The number of allylic oxidation sites excluding steroid dienone is 1. The zero-order valence-corrected chi connectivity index (χ0v) is 22.1. The molecular weight excluding hydrogens is 631 g/mol. The molecule has 1 N–H and O–H groups in total. The van der Waals surface area contributed by atoms with Gasteiger partial charge in [0, 0.05) is 11.6 Å². The first-order valence-corrected chi connectivity index (χ1v) is 13.3. The number of hydrogen-bond donors (Lipinski definition) is 1. The van der Waals surface area contributed by atoms with E-state index in [4.69, 9.17) is 23.2 Å². The molecule has 1 amide bonds. The highest BCUT2D eigenvalue weighted by Crippen LogP contribution is 2.41. The Labute approximate surface area is 230 Å². The fraction of sp³-hybridized carbons (Fsp3) is 0.348. The molecule has 0 aliphatic heterocycles. The predicted octanol–water partition coefficient (Wildman–Crippen LogP) is 7.76. The van der Waals surface area contributed by atoms with Gasteiger partial charge in [0.1, 0.15) is 17.5 Å². The van der Waals surface area contributed by atoms with Crippen LogP contribution in [0.3, 0.4) is 0 Å². The summed E-state index contributed by atoms with van der Waals surface area (Å²) in [6, 6.07) is 2.19. The number of rotatable bonds is 8. The molecule has 2 rings (SSSR count). The zero-order valence-electron chi connectivity index (χ0n) is 19.8. The van der Waals surface area contributed by atoms with Crippen molar-refractivity contribution in [3.05, 3.63) is 74.8 Å². The van der Waals surface area contributed by atoms with E-state index in [0.717, 1.165) is 25.1 Å². The summed E-state index contributed by atoms with van der Waals surface area (Å²) >= 11 is 11.4. The summed E-state index contributed by atoms with van der Waals surface area (Å²) in [5, 5.41) is 1.42. The largest absolute Gasteiger partial charge is 0.417 e. The number of alkyl halides is 9. The molecule has 0 saturated heterocycles. The number of halogens is 12. The van der Waals surface area contributed by atoms with Crippen molar-refractivity contribution in [1.82, 2.24) is 5.32 Å².